The van der Waals surface area contributed by atoms with E-state index >= 15 is 0 Å². The number of urea groups is 1. The fourth-order valence-electron chi connectivity index (χ4n) is 3.29. The lowest BCUT2D eigenvalue weighted by atomic mass is 10.2. The SMILES string of the molecule is COc1cc(OC)c(Cl)c(N2Cc3cnc(NC4COCC4N)nc3NC2=O)c1Cl. The highest BCUT2D eigenvalue weighted by Crippen LogP contribution is 2.47. The molecule has 2 atom stereocenters. The van der Waals surface area contributed by atoms with Gasteiger partial charge in [0.05, 0.1) is 51.7 Å². The fourth-order valence-corrected chi connectivity index (χ4v) is 3.99. The Balaban J connectivity index is 1.64. The molecule has 0 aliphatic carbocycles. The van der Waals surface area contributed by atoms with Gasteiger partial charge in [-0.3, -0.25) is 10.2 Å². The number of nitrogens with one attached hydrogen (secondary N) is 2. The lowest BCUT2D eigenvalue weighted by Crippen LogP contribution is -2.41. The molecule has 1 aromatic carbocycles. The minimum absolute atomic E-state index is 0.0966. The molecule has 30 heavy (non-hydrogen) atoms. The molecular formula is C18H20Cl2N6O4. The van der Waals surface area contributed by atoms with Gasteiger partial charge >= 0.3 is 6.03 Å². The first kappa shape index (κ1) is 20.7. The monoisotopic (exact) mass is 454 g/mol. The van der Waals surface area contributed by atoms with Gasteiger partial charge in [0.1, 0.15) is 27.4 Å². The third-order valence-corrected chi connectivity index (χ3v) is 5.65. The number of hydrogen-bond acceptors (Lipinski definition) is 8. The summed E-state index contributed by atoms with van der Waals surface area (Å²) in [6.45, 7) is 1.10. The van der Waals surface area contributed by atoms with Crippen molar-refractivity contribution in [2.75, 3.05) is 43.0 Å². The predicted octanol–water partition coefficient (Wildman–Crippen LogP) is 2.49. The number of halogens is 2. The number of carbonyl (C=O) groups excluding carboxylic acids is 1. The van der Waals surface area contributed by atoms with Crippen LogP contribution in [-0.2, 0) is 11.3 Å². The van der Waals surface area contributed by atoms with Crippen LogP contribution in [0.2, 0.25) is 10.0 Å². The van der Waals surface area contributed by atoms with Crippen molar-refractivity contribution in [3.05, 3.63) is 27.9 Å². The van der Waals surface area contributed by atoms with Crippen molar-refractivity contribution in [2.45, 2.75) is 18.6 Å². The van der Waals surface area contributed by atoms with Crippen LogP contribution < -0.4 is 30.7 Å². The summed E-state index contributed by atoms with van der Waals surface area (Å²) in [5.41, 5.74) is 6.93. The highest BCUT2D eigenvalue weighted by molar-refractivity contribution is 6.42. The minimum atomic E-state index is -0.452. The molecule has 0 spiro atoms. The van der Waals surface area contributed by atoms with E-state index in [0.717, 1.165) is 0 Å². The molecule has 2 aliphatic rings. The molecule has 4 rings (SSSR count). The average Bonchev–Trinajstić information content (AvgIpc) is 3.13. The second-order valence-corrected chi connectivity index (χ2v) is 7.55. The van der Waals surface area contributed by atoms with Crippen molar-refractivity contribution in [1.29, 1.82) is 0 Å². The first-order valence-corrected chi connectivity index (χ1v) is 9.82. The van der Waals surface area contributed by atoms with Crippen LogP contribution in [0.5, 0.6) is 11.5 Å². The van der Waals surface area contributed by atoms with Crippen molar-refractivity contribution in [2.24, 2.45) is 5.73 Å². The highest BCUT2D eigenvalue weighted by atomic mass is 35.5. The van der Waals surface area contributed by atoms with Crippen LogP contribution in [0.3, 0.4) is 0 Å². The maximum atomic E-state index is 12.9. The molecule has 4 N–H and O–H groups in total. The summed E-state index contributed by atoms with van der Waals surface area (Å²) in [6, 6.07) is 0.859. The number of rotatable bonds is 5. The van der Waals surface area contributed by atoms with Gasteiger partial charge in [-0.1, -0.05) is 23.2 Å². The summed E-state index contributed by atoms with van der Waals surface area (Å²) >= 11 is 12.9. The Bertz CT molecular complexity index is 963. The molecule has 10 nitrogen and oxygen atoms in total. The Labute approximate surface area is 182 Å². The van der Waals surface area contributed by atoms with Gasteiger partial charge in [-0.25, -0.2) is 9.78 Å². The van der Waals surface area contributed by atoms with Crippen LogP contribution in [0, 0.1) is 0 Å². The molecule has 2 amide bonds. The van der Waals surface area contributed by atoms with Gasteiger partial charge in [0.25, 0.3) is 0 Å². The molecule has 160 valence electrons. The number of nitrogens with zero attached hydrogens (tertiary/aromatic N) is 3. The van der Waals surface area contributed by atoms with Gasteiger partial charge in [-0.05, 0) is 0 Å². The Morgan fingerprint density at radius 2 is 1.97 bits per heavy atom. The van der Waals surface area contributed by atoms with E-state index in [1.165, 1.54) is 19.1 Å². The van der Waals surface area contributed by atoms with E-state index in [-0.39, 0.29) is 34.4 Å². The standard InChI is InChI=1S/C18H20Cl2N6O4/c1-28-11-3-12(29-2)14(20)15(13(11)19)26-5-8-4-22-17(24-16(8)25-18(26)27)23-10-7-30-6-9(10)21/h3-4,9-10H,5-7,21H2,1-2H3,(H2,22,23,24,25,27). The number of carbonyl (C=O) groups is 1. The number of fused-ring (bicyclic) bond motifs is 1. The van der Waals surface area contributed by atoms with E-state index in [9.17, 15) is 4.79 Å². The molecule has 2 unspecified atom stereocenters. The Morgan fingerprint density at radius 3 is 2.57 bits per heavy atom. The van der Waals surface area contributed by atoms with Crippen LogP contribution in [0.15, 0.2) is 12.3 Å². The van der Waals surface area contributed by atoms with E-state index in [0.29, 0.717) is 42.0 Å². The van der Waals surface area contributed by atoms with E-state index in [1.54, 1.807) is 12.3 Å². The first-order chi connectivity index (χ1) is 14.4. The van der Waals surface area contributed by atoms with E-state index in [2.05, 4.69) is 20.6 Å². The van der Waals surface area contributed by atoms with E-state index in [1.807, 2.05) is 0 Å². The minimum Gasteiger partial charge on any atom is -0.495 e. The smallest absolute Gasteiger partial charge is 0.327 e. The highest BCUT2D eigenvalue weighted by Gasteiger charge is 2.32. The van der Waals surface area contributed by atoms with Crippen molar-refractivity contribution in [3.8, 4) is 11.5 Å². The van der Waals surface area contributed by atoms with Gasteiger partial charge in [-0.2, -0.15) is 4.98 Å². The number of benzene rings is 1. The number of aromatic nitrogens is 2. The van der Waals surface area contributed by atoms with Crippen molar-refractivity contribution in [3.63, 3.8) is 0 Å². The summed E-state index contributed by atoms with van der Waals surface area (Å²) < 4.78 is 15.9. The van der Waals surface area contributed by atoms with Crippen LogP contribution in [0.25, 0.3) is 0 Å². The van der Waals surface area contributed by atoms with Crippen LogP contribution in [-0.4, -0.2) is 55.5 Å². The Hall–Kier alpha value is -2.53. The maximum absolute atomic E-state index is 12.9. The van der Waals surface area contributed by atoms with E-state index < -0.39 is 6.03 Å². The molecular weight excluding hydrogens is 435 g/mol. The fraction of sp³-hybridized carbons (Fsp3) is 0.389. The van der Waals surface area contributed by atoms with Gasteiger partial charge < -0.3 is 25.3 Å². The quantitative estimate of drug-likeness (QED) is 0.629. The number of amides is 2. The topological polar surface area (TPSA) is 124 Å². The molecule has 1 fully saturated rings. The summed E-state index contributed by atoms with van der Waals surface area (Å²) in [6.07, 6.45) is 1.62. The molecule has 2 aromatic rings. The molecule has 0 radical (unpaired) electrons. The molecule has 2 aliphatic heterocycles. The van der Waals surface area contributed by atoms with Gasteiger partial charge in [0.15, 0.2) is 0 Å². The third kappa shape index (κ3) is 3.67. The zero-order chi connectivity index (χ0) is 21.4. The normalized spacial score (nSPS) is 20.6. The second kappa shape index (κ2) is 8.31. The number of ether oxygens (including phenoxy) is 3. The van der Waals surface area contributed by atoms with Gasteiger partial charge in [0.2, 0.25) is 5.95 Å². The third-order valence-electron chi connectivity index (χ3n) is 4.92. The molecule has 1 aromatic heterocycles. The zero-order valence-corrected chi connectivity index (χ0v) is 17.8. The van der Waals surface area contributed by atoms with Gasteiger partial charge in [0, 0.05) is 17.8 Å². The Kier molecular flexibility index (Phi) is 5.74. The van der Waals surface area contributed by atoms with Crippen LogP contribution in [0.1, 0.15) is 5.56 Å². The number of hydrogen-bond donors (Lipinski definition) is 3. The van der Waals surface area contributed by atoms with E-state index in [4.69, 9.17) is 43.1 Å². The van der Waals surface area contributed by atoms with Crippen LogP contribution >= 0.6 is 23.2 Å². The molecule has 0 bridgehead atoms. The first-order valence-electron chi connectivity index (χ1n) is 9.07. The average molecular weight is 455 g/mol. The summed E-state index contributed by atoms with van der Waals surface area (Å²) in [5, 5.41) is 6.27. The predicted molar refractivity (Wildman–Crippen MR) is 113 cm³/mol. The molecule has 12 heteroatoms. The zero-order valence-electron chi connectivity index (χ0n) is 16.2. The number of anilines is 3. The largest absolute Gasteiger partial charge is 0.495 e. The maximum Gasteiger partial charge on any atom is 0.327 e. The van der Waals surface area contributed by atoms with Crippen LogP contribution in [0.4, 0.5) is 22.2 Å². The number of nitrogens with two attached hydrogens (primary N) is 1. The summed E-state index contributed by atoms with van der Waals surface area (Å²) in [4.78, 5) is 23.0. The lowest BCUT2D eigenvalue weighted by Gasteiger charge is -2.30. The molecule has 1 saturated heterocycles. The Morgan fingerprint density at radius 1 is 1.27 bits per heavy atom. The summed E-state index contributed by atoms with van der Waals surface area (Å²) in [7, 11) is 2.93. The second-order valence-electron chi connectivity index (χ2n) is 6.79. The van der Waals surface area contributed by atoms with Crippen molar-refractivity contribution in [1.82, 2.24) is 9.97 Å². The van der Waals surface area contributed by atoms with Crippen molar-refractivity contribution >= 4 is 46.7 Å². The lowest BCUT2D eigenvalue weighted by molar-refractivity contribution is 0.192. The summed E-state index contributed by atoms with van der Waals surface area (Å²) in [5.74, 6) is 1.41. The van der Waals surface area contributed by atoms with Gasteiger partial charge in [-0.15, -0.1) is 0 Å². The number of methoxy groups -OCH3 is 2. The van der Waals surface area contributed by atoms with Crippen molar-refractivity contribution < 1.29 is 19.0 Å². The molecule has 0 saturated carbocycles. The molecule has 3 heterocycles.